The van der Waals surface area contributed by atoms with Crippen LogP contribution >= 0.6 is 0 Å². The molecule has 11 nitrogen and oxygen atoms in total. The van der Waals surface area contributed by atoms with E-state index in [2.05, 4.69) is 15.2 Å². The Kier molecular flexibility index (Phi) is 8.78. The Hall–Kier alpha value is -3.42. The van der Waals surface area contributed by atoms with Gasteiger partial charge in [-0.05, 0) is 60.5 Å². The highest BCUT2D eigenvalue weighted by atomic mass is 19.4. The van der Waals surface area contributed by atoms with Crippen LogP contribution in [0.25, 0.3) is 11.6 Å². The van der Waals surface area contributed by atoms with Crippen molar-refractivity contribution >= 4 is 17.9 Å². The van der Waals surface area contributed by atoms with Gasteiger partial charge in [-0.2, -0.15) is 18.1 Å². The molecule has 1 unspecified atom stereocenters. The van der Waals surface area contributed by atoms with Crippen LogP contribution in [0, 0.1) is 0 Å². The van der Waals surface area contributed by atoms with Gasteiger partial charge in [0.25, 0.3) is 5.89 Å². The normalized spacial score (nSPS) is 17.0. The summed E-state index contributed by atoms with van der Waals surface area (Å²) in [6, 6.07) is 0.525. The fourth-order valence-electron chi connectivity index (χ4n) is 3.56. The van der Waals surface area contributed by atoms with Crippen LogP contribution in [0.1, 0.15) is 91.2 Å². The molecule has 2 aromatic rings. The molecule has 4 bridgehead atoms. The number of carbonyl (C=O) groups excluding carboxylic acids is 2. The molecule has 14 heteroatoms. The van der Waals surface area contributed by atoms with Crippen molar-refractivity contribution in [3.8, 4) is 17.5 Å². The van der Waals surface area contributed by atoms with Gasteiger partial charge >= 0.3 is 18.4 Å². The number of alkyl halides is 3. The Balaban J connectivity index is 2.30. The first-order chi connectivity index (χ1) is 18.0. The summed E-state index contributed by atoms with van der Waals surface area (Å²) in [7, 11) is 0. The first-order valence-electron chi connectivity index (χ1n) is 12.5. The maximum Gasteiger partial charge on any atom is 0.424 e. The van der Waals surface area contributed by atoms with Crippen LogP contribution in [0.5, 0.6) is 5.88 Å². The summed E-state index contributed by atoms with van der Waals surface area (Å²) < 4.78 is 64.2. The fourth-order valence-corrected chi connectivity index (χ4v) is 3.56. The molecule has 0 saturated carbocycles. The van der Waals surface area contributed by atoms with Crippen LogP contribution in [-0.2, 0) is 15.7 Å². The number of aliphatic hydroxyl groups excluding tert-OH is 1. The number of ether oxygens (including phenoxy) is 3. The van der Waals surface area contributed by atoms with E-state index in [1.165, 1.54) is 41.5 Å². The lowest BCUT2D eigenvalue weighted by Crippen LogP contribution is -2.44. The summed E-state index contributed by atoms with van der Waals surface area (Å²) in [4.78, 5) is 30.8. The average Bonchev–Trinajstić information content (AvgIpc) is 3.25. The Bertz CT molecular complexity index is 1160. The van der Waals surface area contributed by atoms with E-state index < -0.39 is 64.4 Å². The van der Waals surface area contributed by atoms with E-state index in [9.17, 15) is 27.9 Å². The van der Waals surface area contributed by atoms with Gasteiger partial charge in [0, 0.05) is 0 Å². The maximum absolute atomic E-state index is 14.2. The largest absolute Gasteiger partial charge is 0.477 e. The van der Waals surface area contributed by atoms with E-state index in [0.29, 0.717) is 43.1 Å². The minimum Gasteiger partial charge on any atom is -0.477 e. The summed E-state index contributed by atoms with van der Waals surface area (Å²) in [5.41, 5.74) is -4.76. The van der Waals surface area contributed by atoms with E-state index in [-0.39, 0.29) is 12.5 Å². The van der Waals surface area contributed by atoms with Gasteiger partial charge < -0.3 is 23.7 Å². The summed E-state index contributed by atoms with van der Waals surface area (Å²) in [5.74, 6) is -1.45. The van der Waals surface area contributed by atoms with Gasteiger partial charge in [0.1, 0.15) is 22.9 Å². The Morgan fingerprint density at radius 1 is 0.974 bits per heavy atom. The van der Waals surface area contributed by atoms with E-state index in [0.717, 1.165) is 0 Å². The van der Waals surface area contributed by atoms with Crippen LogP contribution in [0.3, 0.4) is 0 Å². The minimum absolute atomic E-state index is 0.0751. The monoisotopic (exact) mass is 558 g/mol. The molecule has 1 N–H and O–H groups in total. The van der Waals surface area contributed by atoms with Crippen LogP contribution in [0.2, 0.25) is 0 Å². The molecule has 1 aliphatic heterocycles. The van der Waals surface area contributed by atoms with Crippen molar-refractivity contribution in [2.45, 2.75) is 97.1 Å². The molecule has 0 fully saturated rings. The zero-order valence-electron chi connectivity index (χ0n) is 22.7. The van der Waals surface area contributed by atoms with Crippen LogP contribution in [-0.4, -0.2) is 50.3 Å². The standard InChI is InChI=1S/C25H33F3N4O7/c1-23(2,3)38-21(34)32(22(35)39-24(4,5)6)15-13-14(25(26,27)28)18-29-17(15)20-31-30-19(37-20)16(33)11-9-7-8-10-12-36-18/h13,16,33H,7-12H2,1-6H3. The number of carbonyl (C=O) groups is 2. The number of pyridine rings is 1. The molecule has 39 heavy (non-hydrogen) atoms. The second-order valence-electron chi connectivity index (χ2n) is 11.0. The number of aromatic nitrogens is 3. The van der Waals surface area contributed by atoms with E-state index in [1.54, 1.807) is 0 Å². The molecular weight excluding hydrogens is 525 g/mol. The first-order valence-corrected chi connectivity index (χ1v) is 12.5. The lowest BCUT2D eigenvalue weighted by Gasteiger charge is -2.29. The third-order valence-corrected chi connectivity index (χ3v) is 5.20. The van der Waals surface area contributed by atoms with Gasteiger partial charge in [0.15, 0.2) is 5.69 Å². The number of rotatable bonds is 1. The molecule has 2 amide bonds. The molecule has 0 aromatic carbocycles. The molecule has 0 radical (unpaired) electrons. The van der Waals surface area contributed by atoms with Crippen molar-refractivity contribution in [2.24, 2.45) is 0 Å². The highest BCUT2D eigenvalue weighted by molar-refractivity contribution is 6.11. The zero-order chi connectivity index (χ0) is 29.2. The lowest BCUT2D eigenvalue weighted by atomic mass is 10.1. The van der Waals surface area contributed by atoms with Gasteiger partial charge in [-0.1, -0.05) is 19.3 Å². The van der Waals surface area contributed by atoms with Gasteiger partial charge in [0.05, 0.1) is 12.3 Å². The SMILES string of the molecule is CC(C)(C)OC(=O)N(C(=O)OC(C)(C)C)c1cc(C(F)(F)F)c2nc1-c1nnc(o1)C(O)CCCCCCO2. The third-order valence-electron chi connectivity index (χ3n) is 5.20. The van der Waals surface area contributed by atoms with E-state index >= 15 is 0 Å². The van der Waals surface area contributed by atoms with Crippen molar-refractivity contribution in [1.82, 2.24) is 15.2 Å². The van der Waals surface area contributed by atoms with Crippen LogP contribution < -0.4 is 9.64 Å². The number of hydrogen-bond acceptors (Lipinski definition) is 10. The average molecular weight is 559 g/mol. The number of aliphatic hydroxyl groups is 1. The Morgan fingerprint density at radius 3 is 2.13 bits per heavy atom. The number of nitrogens with zero attached hydrogens (tertiary/aromatic N) is 4. The topological polar surface area (TPSA) is 137 Å². The Morgan fingerprint density at radius 2 is 1.56 bits per heavy atom. The highest BCUT2D eigenvalue weighted by Gasteiger charge is 2.42. The second kappa shape index (κ2) is 11.4. The number of amides is 2. The molecule has 3 heterocycles. The highest BCUT2D eigenvalue weighted by Crippen LogP contribution is 2.42. The van der Waals surface area contributed by atoms with E-state index in [4.69, 9.17) is 18.6 Å². The van der Waals surface area contributed by atoms with Crippen LogP contribution in [0.4, 0.5) is 28.4 Å². The van der Waals surface area contributed by atoms with Crippen molar-refractivity contribution in [2.75, 3.05) is 11.5 Å². The molecule has 1 atom stereocenters. The molecule has 1 aliphatic rings. The zero-order valence-corrected chi connectivity index (χ0v) is 22.7. The predicted molar refractivity (Wildman–Crippen MR) is 131 cm³/mol. The predicted octanol–water partition coefficient (Wildman–Crippen LogP) is 6.20. The van der Waals surface area contributed by atoms with Crippen molar-refractivity contribution < 1.29 is 46.5 Å². The lowest BCUT2D eigenvalue weighted by molar-refractivity contribution is -0.139. The quantitative estimate of drug-likeness (QED) is 0.430. The van der Waals surface area contributed by atoms with Crippen molar-refractivity contribution in [3.05, 3.63) is 17.5 Å². The van der Waals surface area contributed by atoms with Gasteiger partial charge in [-0.3, -0.25) is 0 Å². The summed E-state index contributed by atoms with van der Waals surface area (Å²) in [5, 5.41) is 18.1. The van der Waals surface area contributed by atoms with Gasteiger partial charge in [-0.15, -0.1) is 10.2 Å². The molecule has 216 valence electrons. The van der Waals surface area contributed by atoms with E-state index in [1.807, 2.05) is 0 Å². The third kappa shape index (κ3) is 8.04. The number of fused-ring (bicyclic) bond motifs is 5. The molecule has 3 rings (SSSR count). The fraction of sp³-hybridized carbons (Fsp3) is 0.640. The van der Waals surface area contributed by atoms with Crippen molar-refractivity contribution in [1.29, 1.82) is 0 Å². The smallest absolute Gasteiger partial charge is 0.424 e. The molecule has 2 aromatic heterocycles. The summed E-state index contributed by atoms with van der Waals surface area (Å²) in [6.45, 7) is 9.04. The molecule has 0 saturated heterocycles. The maximum atomic E-state index is 14.2. The number of hydrogen-bond donors (Lipinski definition) is 1. The molecular formula is C25H33F3N4O7. The number of anilines is 1. The number of imide groups is 1. The first kappa shape index (κ1) is 30.1. The molecule has 0 spiro atoms. The minimum atomic E-state index is -4.98. The second-order valence-corrected chi connectivity index (χ2v) is 11.0. The van der Waals surface area contributed by atoms with Gasteiger partial charge in [-0.25, -0.2) is 14.6 Å². The van der Waals surface area contributed by atoms with Gasteiger partial charge in [0.2, 0.25) is 11.8 Å². The Labute approximate surface area is 223 Å². The summed E-state index contributed by atoms with van der Waals surface area (Å²) in [6.07, 6.45) is -6.07. The van der Waals surface area contributed by atoms with Crippen molar-refractivity contribution in [3.63, 3.8) is 0 Å². The number of halogens is 3. The van der Waals surface area contributed by atoms with Crippen LogP contribution in [0.15, 0.2) is 10.5 Å². The molecule has 0 aliphatic carbocycles. The summed E-state index contributed by atoms with van der Waals surface area (Å²) >= 11 is 0.